The van der Waals surface area contributed by atoms with Crippen LogP contribution in [0.4, 0.5) is 0 Å². The minimum Gasteiger partial charge on any atom is -0.462 e. The Kier molecular flexibility index (Phi) is 8.48. The molecule has 0 bridgehead atoms. The van der Waals surface area contributed by atoms with Crippen molar-refractivity contribution >= 4 is 17.8 Å². The van der Waals surface area contributed by atoms with Gasteiger partial charge in [0, 0.05) is 39.9 Å². The van der Waals surface area contributed by atoms with Crippen molar-refractivity contribution in [2.45, 2.75) is 39.7 Å². The number of guanidine groups is 1. The first kappa shape index (κ1) is 22.7. The Morgan fingerprint density at radius 1 is 1.41 bits per heavy atom. The summed E-state index contributed by atoms with van der Waals surface area (Å²) in [5, 5.41) is 7.77. The van der Waals surface area contributed by atoms with Crippen molar-refractivity contribution in [2.24, 2.45) is 10.9 Å². The second-order valence-corrected chi connectivity index (χ2v) is 7.87. The molecular weight excluding hydrogens is 372 g/mol. The third kappa shape index (κ3) is 6.76. The van der Waals surface area contributed by atoms with Gasteiger partial charge >= 0.3 is 5.97 Å². The number of aromatic nitrogens is 2. The first-order chi connectivity index (χ1) is 13.8. The molecule has 162 valence electrons. The van der Waals surface area contributed by atoms with Crippen molar-refractivity contribution in [1.29, 1.82) is 0 Å². The van der Waals surface area contributed by atoms with E-state index in [-0.39, 0.29) is 24.5 Å². The van der Waals surface area contributed by atoms with Crippen molar-refractivity contribution in [3.63, 3.8) is 0 Å². The molecule has 29 heavy (non-hydrogen) atoms. The predicted molar refractivity (Wildman–Crippen MR) is 112 cm³/mol. The quantitative estimate of drug-likeness (QED) is 0.418. The van der Waals surface area contributed by atoms with Crippen LogP contribution in [0.2, 0.25) is 0 Å². The van der Waals surface area contributed by atoms with Crippen LogP contribution >= 0.6 is 0 Å². The van der Waals surface area contributed by atoms with Gasteiger partial charge in [0.05, 0.1) is 24.4 Å². The van der Waals surface area contributed by atoms with E-state index in [9.17, 15) is 9.59 Å². The zero-order valence-electron chi connectivity index (χ0n) is 18.2. The number of likely N-dealkylation sites (tertiary alicyclic amines) is 1. The SMILES string of the molecule is CCOC(=O)c1cnn(C2CCCN(C(=NCC(=O)N(C)C)NCC(C)C)C2)c1. The van der Waals surface area contributed by atoms with E-state index >= 15 is 0 Å². The van der Waals surface area contributed by atoms with E-state index in [0.29, 0.717) is 24.6 Å². The molecule has 0 spiro atoms. The largest absolute Gasteiger partial charge is 0.462 e. The van der Waals surface area contributed by atoms with E-state index in [1.807, 2.05) is 4.68 Å². The minimum atomic E-state index is -0.352. The Bertz CT molecular complexity index is 713. The summed E-state index contributed by atoms with van der Waals surface area (Å²) in [5.74, 6) is 0.822. The second-order valence-electron chi connectivity index (χ2n) is 7.87. The molecule has 1 saturated heterocycles. The molecule has 1 N–H and O–H groups in total. The highest BCUT2D eigenvalue weighted by atomic mass is 16.5. The first-order valence-electron chi connectivity index (χ1n) is 10.3. The standard InChI is InChI=1S/C20H34N6O3/c1-6-29-19(28)16-11-23-26(13-16)17-8-7-9-25(14-17)20(21-10-15(2)3)22-12-18(27)24(4)5/h11,13,15,17H,6-10,12,14H2,1-5H3,(H,21,22). The Labute approximate surface area is 173 Å². The number of esters is 1. The zero-order chi connectivity index (χ0) is 21.4. The fraction of sp³-hybridized carbons (Fsp3) is 0.700. The number of hydrogen-bond acceptors (Lipinski definition) is 5. The van der Waals surface area contributed by atoms with Crippen LogP contribution in [0.5, 0.6) is 0 Å². The van der Waals surface area contributed by atoms with Gasteiger partial charge in [-0.05, 0) is 25.7 Å². The molecule has 1 aliphatic heterocycles. The highest BCUT2D eigenvalue weighted by Crippen LogP contribution is 2.21. The molecular formula is C20H34N6O3. The summed E-state index contributed by atoms with van der Waals surface area (Å²) in [7, 11) is 3.46. The fourth-order valence-corrected chi connectivity index (χ4v) is 3.07. The molecule has 0 saturated carbocycles. The molecule has 1 aromatic heterocycles. The molecule has 1 unspecified atom stereocenters. The number of aliphatic imine (C=N–C) groups is 1. The normalized spacial score (nSPS) is 17.4. The van der Waals surface area contributed by atoms with Crippen LogP contribution in [0.3, 0.4) is 0 Å². The van der Waals surface area contributed by atoms with E-state index in [0.717, 1.165) is 31.9 Å². The van der Waals surface area contributed by atoms with Crippen molar-refractivity contribution in [3.05, 3.63) is 18.0 Å². The summed E-state index contributed by atoms with van der Waals surface area (Å²) in [5.41, 5.74) is 0.465. The monoisotopic (exact) mass is 406 g/mol. The topological polar surface area (TPSA) is 92.1 Å². The molecule has 0 radical (unpaired) electrons. The summed E-state index contributed by atoms with van der Waals surface area (Å²) in [6.45, 7) is 8.87. The number of likely N-dealkylation sites (N-methyl/N-ethyl adjacent to an activating group) is 1. The lowest BCUT2D eigenvalue weighted by Gasteiger charge is -2.35. The average Bonchev–Trinajstić information content (AvgIpc) is 3.18. The van der Waals surface area contributed by atoms with Gasteiger partial charge in [0.2, 0.25) is 5.91 Å². The van der Waals surface area contributed by atoms with Crippen LogP contribution in [0.15, 0.2) is 17.4 Å². The summed E-state index contributed by atoms with van der Waals surface area (Å²) in [6, 6.07) is 0.127. The predicted octanol–water partition coefficient (Wildman–Crippen LogP) is 1.39. The average molecular weight is 407 g/mol. The van der Waals surface area contributed by atoms with Crippen LogP contribution in [0.25, 0.3) is 0 Å². The highest BCUT2D eigenvalue weighted by molar-refractivity contribution is 5.88. The van der Waals surface area contributed by atoms with Crippen LogP contribution in [-0.2, 0) is 9.53 Å². The van der Waals surface area contributed by atoms with Gasteiger partial charge in [-0.25, -0.2) is 9.79 Å². The van der Waals surface area contributed by atoms with Gasteiger partial charge in [0.1, 0.15) is 6.54 Å². The molecule has 1 atom stereocenters. The van der Waals surface area contributed by atoms with Crippen molar-refractivity contribution in [2.75, 3.05) is 46.9 Å². The maximum atomic E-state index is 12.0. The van der Waals surface area contributed by atoms with Crippen LogP contribution < -0.4 is 5.32 Å². The van der Waals surface area contributed by atoms with E-state index in [1.54, 1.807) is 38.3 Å². The van der Waals surface area contributed by atoms with Gasteiger partial charge in [0.15, 0.2) is 5.96 Å². The molecule has 2 rings (SSSR count). The number of nitrogens with one attached hydrogen (secondary N) is 1. The van der Waals surface area contributed by atoms with Gasteiger partial charge in [0.25, 0.3) is 0 Å². The molecule has 9 nitrogen and oxygen atoms in total. The van der Waals surface area contributed by atoms with Crippen LogP contribution in [0, 0.1) is 5.92 Å². The molecule has 9 heteroatoms. The Hall–Kier alpha value is -2.58. The van der Waals surface area contributed by atoms with Gasteiger partial charge in [-0.1, -0.05) is 13.8 Å². The number of ether oxygens (including phenoxy) is 1. The van der Waals surface area contributed by atoms with Crippen LogP contribution in [-0.4, -0.2) is 84.3 Å². The highest BCUT2D eigenvalue weighted by Gasteiger charge is 2.25. The number of amides is 1. The number of carbonyl (C=O) groups is 2. The first-order valence-corrected chi connectivity index (χ1v) is 10.3. The molecule has 1 aromatic rings. The second kappa shape index (κ2) is 10.8. The molecule has 2 heterocycles. The van der Waals surface area contributed by atoms with Gasteiger partial charge < -0.3 is 19.9 Å². The summed E-state index contributed by atoms with van der Waals surface area (Å²) >= 11 is 0. The number of nitrogens with zero attached hydrogens (tertiary/aromatic N) is 5. The summed E-state index contributed by atoms with van der Waals surface area (Å²) < 4.78 is 6.88. The Balaban J connectivity index is 2.10. The Morgan fingerprint density at radius 3 is 2.83 bits per heavy atom. The fourth-order valence-electron chi connectivity index (χ4n) is 3.07. The van der Waals surface area contributed by atoms with E-state index in [1.165, 1.54) is 0 Å². The molecule has 0 aromatic carbocycles. The van der Waals surface area contributed by atoms with Gasteiger partial charge in [-0.2, -0.15) is 5.10 Å². The van der Waals surface area contributed by atoms with Gasteiger partial charge in [-0.3, -0.25) is 9.48 Å². The lowest BCUT2D eigenvalue weighted by atomic mass is 10.1. The number of carbonyl (C=O) groups excluding carboxylic acids is 2. The maximum absolute atomic E-state index is 12.0. The van der Waals surface area contributed by atoms with E-state index in [2.05, 4.69) is 34.2 Å². The van der Waals surface area contributed by atoms with Crippen molar-refractivity contribution in [3.8, 4) is 0 Å². The van der Waals surface area contributed by atoms with Crippen molar-refractivity contribution < 1.29 is 14.3 Å². The van der Waals surface area contributed by atoms with E-state index in [4.69, 9.17) is 4.74 Å². The third-order valence-electron chi connectivity index (χ3n) is 4.71. The summed E-state index contributed by atoms with van der Waals surface area (Å²) in [6.07, 6.45) is 5.25. The lowest BCUT2D eigenvalue weighted by Crippen LogP contribution is -2.48. The van der Waals surface area contributed by atoms with E-state index < -0.39 is 0 Å². The number of piperidine rings is 1. The molecule has 0 aliphatic carbocycles. The number of hydrogen-bond donors (Lipinski definition) is 1. The third-order valence-corrected chi connectivity index (χ3v) is 4.71. The molecule has 1 aliphatic rings. The maximum Gasteiger partial charge on any atom is 0.341 e. The lowest BCUT2D eigenvalue weighted by molar-refractivity contribution is -0.127. The van der Waals surface area contributed by atoms with Gasteiger partial charge in [-0.15, -0.1) is 0 Å². The zero-order valence-corrected chi connectivity index (χ0v) is 18.2. The smallest absolute Gasteiger partial charge is 0.341 e. The number of rotatable bonds is 7. The Morgan fingerprint density at radius 2 is 2.17 bits per heavy atom. The summed E-state index contributed by atoms with van der Waals surface area (Å²) in [4.78, 5) is 32.2. The molecule has 1 fully saturated rings. The van der Waals surface area contributed by atoms with Crippen molar-refractivity contribution in [1.82, 2.24) is 24.9 Å². The molecule has 1 amide bonds. The van der Waals surface area contributed by atoms with Crippen LogP contribution in [0.1, 0.15) is 50.0 Å². The minimum absolute atomic E-state index is 0.0337.